The highest BCUT2D eigenvalue weighted by Gasteiger charge is 2.59. The van der Waals surface area contributed by atoms with E-state index in [1.54, 1.807) is 0 Å². The fourth-order valence-corrected chi connectivity index (χ4v) is 4.19. The van der Waals surface area contributed by atoms with Crippen molar-refractivity contribution in [3.63, 3.8) is 0 Å². The molecule has 0 spiro atoms. The van der Waals surface area contributed by atoms with Crippen LogP contribution in [0, 0.1) is 17.8 Å². The van der Waals surface area contributed by atoms with Crippen LogP contribution in [0.4, 0.5) is 0 Å². The van der Waals surface area contributed by atoms with Gasteiger partial charge in [-0.2, -0.15) is 0 Å². The molecule has 0 aromatic carbocycles. The molecule has 1 saturated heterocycles. The van der Waals surface area contributed by atoms with Crippen LogP contribution in [0.2, 0.25) is 0 Å². The molecule has 1 aliphatic heterocycles. The summed E-state index contributed by atoms with van der Waals surface area (Å²) < 4.78 is 0. The quantitative estimate of drug-likeness (QED) is 0.745. The number of likely N-dealkylation sites (tertiary alicyclic amines) is 1. The fourth-order valence-electron chi connectivity index (χ4n) is 4.19. The highest BCUT2D eigenvalue weighted by Crippen LogP contribution is 2.54. The Morgan fingerprint density at radius 2 is 2.24 bits per heavy atom. The van der Waals surface area contributed by atoms with Crippen LogP contribution >= 0.6 is 0 Å². The summed E-state index contributed by atoms with van der Waals surface area (Å²) in [6.45, 7) is 2.81. The van der Waals surface area contributed by atoms with Crippen molar-refractivity contribution >= 4 is 5.91 Å². The van der Waals surface area contributed by atoms with E-state index in [-0.39, 0.29) is 24.1 Å². The van der Waals surface area contributed by atoms with Crippen LogP contribution in [-0.2, 0) is 4.79 Å². The largest absolute Gasteiger partial charge is 0.391 e. The molecule has 4 heteroatoms. The van der Waals surface area contributed by atoms with Crippen LogP contribution < -0.4 is 5.73 Å². The van der Waals surface area contributed by atoms with Gasteiger partial charge in [0.05, 0.1) is 12.1 Å². The zero-order valence-corrected chi connectivity index (χ0v) is 10.4. The summed E-state index contributed by atoms with van der Waals surface area (Å²) in [7, 11) is 0. The van der Waals surface area contributed by atoms with E-state index in [9.17, 15) is 9.90 Å². The van der Waals surface area contributed by atoms with Gasteiger partial charge in [-0.05, 0) is 43.9 Å². The third-order valence-electron chi connectivity index (χ3n) is 4.98. The van der Waals surface area contributed by atoms with Crippen LogP contribution in [0.25, 0.3) is 0 Å². The van der Waals surface area contributed by atoms with E-state index in [1.807, 2.05) is 11.8 Å². The molecular formula is C13H22N2O2. The molecule has 0 aromatic heterocycles. The molecule has 0 aromatic rings. The van der Waals surface area contributed by atoms with E-state index in [1.165, 1.54) is 0 Å². The van der Waals surface area contributed by atoms with E-state index in [4.69, 9.17) is 5.73 Å². The predicted octanol–water partition coefficient (Wildman–Crippen LogP) is 0.341. The molecule has 6 atom stereocenters. The van der Waals surface area contributed by atoms with E-state index >= 15 is 0 Å². The van der Waals surface area contributed by atoms with E-state index < -0.39 is 0 Å². The number of aliphatic hydroxyl groups is 1. The second-order valence-corrected chi connectivity index (χ2v) is 6.20. The number of carbonyl (C=O) groups excluding carboxylic acids is 1. The highest BCUT2D eigenvalue weighted by molar-refractivity contribution is 5.77. The molecule has 3 fully saturated rings. The Morgan fingerprint density at radius 1 is 1.47 bits per heavy atom. The highest BCUT2D eigenvalue weighted by atomic mass is 16.3. The van der Waals surface area contributed by atoms with Crippen LogP contribution in [0.15, 0.2) is 0 Å². The Balaban J connectivity index is 1.67. The van der Waals surface area contributed by atoms with Crippen molar-refractivity contribution in [1.82, 2.24) is 4.90 Å². The van der Waals surface area contributed by atoms with E-state index in [0.717, 1.165) is 25.8 Å². The lowest BCUT2D eigenvalue weighted by Crippen LogP contribution is -2.44. The lowest BCUT2D eigenvalue weighted by molar-refractivity contribution is -0.134. The zero-order valence-electron chi connectivity index (χ0n) is 10.4. The number of nitrogens with two attached hydrogens (primary N) is 1. The molecule has 3 aliphatic rings. The number of nitrogens with zero attached hydrogens (tertiary/aromatic N) is 1. The van der Waals surface area contributed by atoms with Crippen molar-refractivity contribution in [3.05, 3.63) is 0 Å². The van der Waals surface area contributed by atoms with Gasteiger partial charge in [-0.3, -0.25) is 4.79 Å². The first-order valence-corrected chi connectivity index (χ1v) is 6.81. The number of hydrogen-bond acceptors (Lipinski definition) is 3. The predicted molar refractivity (Wildman–Crippen MR) is 64.1 cm³/mol. The first-order chi connectivity index (χ1) is 8.08. The van der Waals surface area contributed by atoms with Crippen LogP contribution in [0.3, 0.4) is 0 Å². The molecule has 96 valence electrons. The maximum Gasteiger partial charge on any atom is 0.222 e. The lowest BCUT2D eigenvalue weighted by atomic mass is 9.88. The summed E-state index contributed by atoms with van der Waals surface area (Å²) in [5.74, 6) is 1.89. The second kappa shape index (κ2) is 3.95. The first kappa shape index (κ1) is 11.5. The molecule has 2 aliphatic carbocycles. The molecule has 1 heterocycles. The molecule has 2 saturated carbocycles. The molecule has 1 amide bonds. The molecule has 4 nitrogen and oxygen atoms in total. The van der Waals surface area contributed by atoms with Gasteiger partial charge >= 0.3 is 0 Å². The van der Waals surface area contributed by atoms with Gasteiger partial charge in [-0.15, -0.1) is 0 Å². The Labute approximate surface area is 102 Å². The molecule has 3 N–H and O–H groups in total. The summed E-state index contributed by atoms with van der Waals surface area (Å²) >= 11 is 0. The van der Waals surface area contributed by atoms with Crippen LogP contribution in [0.5, 0.6) is 0 Å². The summed E-state index contributed by atoms with van der Waals surface area (Å²) in [6, 6.07) is 0.207. The second-order valence-electron chi connectivity index (χ2n) is 6.20. The minimum Gasteiger partial charge on any atom is -0.391 e. The summed E-state index contributed by atoms with van der Waals surface area (Å²) in [5, 5.41) is 10.2. The molecule has 0 radical (unpaired) electrons. The summed E-state index contributed by atoms with van der Waals surface area (Å²) in [6.07, 6.45) is 3.27. The Kier molecular flexibility index (Phi) is 2.67. The van der Waals surface area contributed by atoms with Crippen molar-refractivity contribution in [1.29, 1.82) is 0 Å². The summed E-state index contributed by atoms with van der Waals surface area (Å²) in [4.78, 5) is 14.1. The number of carbonyl (C=O) groups is 1. The Hall–Kier alpha value is -0.610. The van der Waals surface area contributed by atoms with E-state index in [0.29, 0.717) is 24.2 Å². The van der Waals surface area contributed by atoms with Crippen molar-refractivity contribution in [2.24, 2.45) is 23.5 Å². The smallest absolute Gasteiger partial charge is 0.222 e. The third-order valence-corrected chi connectivity index (χ3v) is 4.98. The van der Waals surface area contributed by atoms with Crippen molar-refractivity contribution in [2.45, 2.75) is 50.8 Å². The standard InChI is InChI=1S/C13H22N2O2/c1-7(14)2-3-11(16)15-6-9-4-8-5-10(9)12(15)13(8)17/h7-10,12-13,17H,2-6,14H2,1H3. The minimum atomic E-state index is -0.266. The fraction of sp³-hybridized carbons (Fsp3) is 0.923. The van der Waals surface area contributed by atoms with Crippen LogP contribution in [-0.4, -0.2) is 40.6 Å². The lowest BCUT2D eigenvalue weighted by Gasteiger charge is -2.29. The Morgan fingerprint density at radius 3 is 2.88 bits per heavy atom. The van der Waals surface area contributed by atoms with Gasteiger partial charge < -0.3 is 15.7 Å². The van der Waals surface area contributed by atoms with Crippen molar-refractivity contribution < 1.29 is 9.90 Å². The van der Waals surface area contributed by atoms with Gasteiger partial charge in [0.2, 0.25) is 5.91 Å². The molecule has 3 rings (SSSR count). The average Bonchev–Trinajstić information content (AvgIpc) is 2.85. The number of aliphatic hydroxyl groups excluding tert-OH is 1. The number of amides is 1. The van der Waals surface area contributed by atoms with Gasteiger partial charge in [0.15, 0.2) is 0 Å². The minimum absolute atomic E-state index is 0.0829. The third kappa shape index (κ3) is 1.69. The molecule has 2 bridgehead atoms. The van der Waals surface area contributed by atoms with E-state index in [2.05, 4.69) is 0 Å². The maximum atomic E-state index is 12.2. The molecule has 17 heavy (non-hydrogen) atoms. The van der Waals surface area contributed by atoms with Crippen LogP contribution in [0.1, 0.15) is 32.6 Å². The number of hydrogen-bond donors (Lipinski definition) is 2. The van der Waals surface area contributed by atoms with Gasteiger partial charge in [0, 0.05) is 19.0 Å². The Bertz CT molecular complexity index is 329. The molecule has 6 unspecified atom stereocenters. The maximum absolute atomic E-state index is 12.2. The first-order valence-electron chi connectivity index (χ1n) is 6.81. The van der Waals surface area contributed by atoms with Gasteiger partial charge in [0.1, 0.15) is 0 Å². The van der Waals surface area contributed by atoms with Gasteiger partial charge in [0.25, 0.3) is 0 Å². The SMILES string of the molecule is CC(N)CCC(=O)N1CC2CC3CC2C1C3O. The number of rotatable bonds is 3. The monoisotopic (exact) mass is 238 g/mol. The summed E-state index contributed by atoms with van der Waals surface area (Å²) in [5.41, 5.74) is 5.69. The van der Waals surface area contributed by atoms with Gasteiger partial charge in [-0.25, -0.2) is 0 Å². The van der Waals surface area contributed by atoms with Crippen molar-refractivity contribution in [2.75, 3.05) is 6.54 Å². The zero-order chi connectivity index (χ0) is 12.2. The average molecular weight is 238 g/mol. The number of fused-ring (bicyclic) bond motifs is 1. The normalized spacial score (nSPS) is 44.4. The topological polar surface area (TPSA) is 66.6 Å². The molecular weight excluding hydrogens is 216 g/mol. The van der Waals surface area contributed by atoms with Crippen molar-refractivity contribution in [3.8, 4) is 0 Å². The van der Waals surface area contributed by atoms with Gasteiger partial charge in [-0.1, -0.05) is 0 Å².